The van der Waals surface area contributed by atoms with Gasteiger partial charge in [-0.25, -0.2) is 14.6 Å². The molecule has 3 aliphatic rings. The molecule has 0 radical (unpaired) electrons. The highest BCUT2D eigenvalue weighted by Gasteiger charge is 2.45. The average molecular weight is 456 g/mol. The maximum Gasteiger partial charge on any atom is 0.410 e. The molecule has 1 fully saturated rings. The quantitative estimate of drug-likeness (QED) is 0.694. The van der Waals surface area contributed by atoms with Crippen LogP contribution in [0.15, 0.2) is 40.9 Å². The van der Waals surface area contributed by atoms with Crippen LogP contribution in [0.4, 0.5) is 10.5 Å². The van der Waals surface area contributed by atoms with Gasteiger partial charge in [-0.15, -0.1) is 11.3 Å². The van der Waals surface area contributed by atoms with Gasteiger partial charge in [-0.1, -0.05) is 39.0 Å². The summed E-state index contributed by atoms with van der Waals surface area (Å²) in [5, 5.41) is 9.34. The monoisotopic (exact) mass is 455 g/mol. The molecule has 32 heavy (non-hydrogen) atoms. The summed E-state index contributed by atoms with van der Waals surface area (Å²) in [7, 11) is 0. The standard InChI is InChI=1S/C24H29N3O4S/c1-23(2,3)24(7-5-4-6-8-24)31-22(30)27-13-15(14-27)9-17-12-18-19(32-17)10-16(21(28)29)11-20(25)26-18/h4-7,10,12,15H,8-9,11,13-14H2,1-3H3,(H2,25,26)(H,28,29). The van der Waals surface area contributed by atoms with Gasteiger partial charge in [-0.2, -0.15) is 0 Å². The molecule has 0 saturated carbocycles. The highest BCUT2D eigenvalue weighted by Crippen LogP contribution is 2.41. The Hall–Kier alpha value is -2.87. The molecule has 1 aromatic rings. The first-order chi connectivity index (χ1) is 15.1. The second-order valence-electron chi connectivity index (χ2n) is 9.69. The molecule has 0 spiro atoms. The number of likely N-dealkylation sites (tertiary alicyclic amines) is 1. The molecule has 1 amide bonds. The van der Waals surface area contributed by atoms with Crippen molar-refractivity contribution in [2.45, 2.75) is 45.6 Å². The molecule has 4 rings (SSSR count). The van der Waals surface area contributed by atoms with Gasteiger partial charge in [-0.3, -0.25) is 0 Å². The Morgan fingerprint density at radius 2 is 2.09 bits per heavy atom. The molecule has 1 unspecified atom stereocenters. The number of aliphatic imine (C=N–C) groups is 1. The third-order valence-electron chi connectivity index (χ3n) is 6.28. The van der Waals surface area contributed by atoms with Crippen LogP contribution in [0.5, 0.6) is 0 Å². The van der Waals surface area contributed by atoms with E-state index in [9.17, 15) is 14.7 Å². The van der Waals surface area contributed by atoms with Crippen LogP contribution < -0.4 is 5.73 Å². The average Bonchev–Trinajstić information content (AvgIpc) is 2.96. The number of amidine groups is 1. The van der Waals surface area contributed by atoms with Crippen LogP contribution in [0.1, 0.15) is 43.4 Å². The Balaban J connectivity index is 1.38. The van der Waals surface area contributed by atoms with Crippen molar-refractivity contribution in [3.05, 3.63) is 45.7 Å². The predicted octanol–water partition coefficient (Wildman–Crippen LogP) is 4.52. The number of rotatable bonds is 4. The van der Waals surface area contributed by atoms with E-state index in [2.05, 4.69) is 25.8 Å². The minimum Gasteiger partial charge on any atom is -0.478 e. The number of allylic oxidation sites excluding steroid dienone is 2. The van der Waals surface area contributed by atoms with E-state index in [1.54, 1.807) is 11.0 Å². The fraction of sp³-hybridized carbons (Fsp3) is 0.458. The summed E-state index contributed by atoms with van der Waals surface area (Å²) >= 11 is 1.54. The van der Waals surface area contributed by atoms with Gasteiger partial charge < -0.3 is 20.5 Å². The van der Waals surface area contributed by atoms with Gasteiger partial charge in [0.05, 0.1) is 10.6 Å². The molecule has 2 aliphatic heterocycles. The zero-order valence-electron chi connectivity index (χ0n) is 18.6. The number of thiophene rings is 1. The Morgan fingerprint density at radius 3 is 2.72 bits per heavy atom. The van der Waals surface area contributed by atoms with Crippen LogP contribution in [0.3, 0.4) is 0 Å². The van der Waals surface area contributed by atoms with Crippen LogP contribution in [-0.2, 0) is 16.0 Å². The summed E-state index contributed by atoms with van der Waals surface area (Å²) in [6.45, 7) is 7.54. The summed E-state index contributed by atoms with van der Waals surface area (Å²) in [6, 6.07) is 1.98. The Labute approximate surface area is 192 Å². The lowest BCUT2D eigenvalue weighted by Gasteiger charge is -2.46. The van der Waals surface area contributed by atoms with Crippen molar-refractivity contribution in [1.82, 2.24) is 4.90 Å². The molecule has 1 atom stereocenters. The van der Waals surface area contributed by atoms with Gasteiger partial charge in [0.25, 0.3) is 0 Å². The zero-order chi connectivity index (χ0) is 23.1. The lowest BCUT2D eigenvalue weighted by Crippen LogP contribution is -2.55. The number of amides is 1. The lowest BCUT2D eigenvalue weighted by atomic mass is 9.72. The van der Waals surface area contributed by atoms with Crippen LogP contribution >= 0.6 is 11.3 Å². The van der Waals surface area contributed by atoms with Gasteiger partial charge in [0.2, 0.25) is 0 Å². The van der Waals surface area contributed by atoms with Crippen molar-refractivity contribution in [2.75, 3.05) is 13.1 Å². The number of nitrogens with zero attached hydrogens (tertiary/aromatic N) is 2. The van der Waals surface area contributed by atoms with Gasteiger partial charge in [-0.05, 0) is 30.6 Å². The van der Waals surface area contributed by atoms with E-state index in [0.29, 0.717) is 31.3 Å². The molecule has 1 aromatic heterocycles. The third-order valence-corrected chi connectivity index (χ3v) is 7.38. The normalized spacial score (nSPS) is 23.0. The van der Waals surface area contributed by atoms with Gasteiger partial charge in [0, 0.05) is 41.8 Å². The van der Waals surface area contributed by atoms with E-state index in [4.69, 9.17) is 10.5 Å². The summed E-state index contributed by atoms with van der Waals surface area (Å²) in [4.78, 5) is 32.3. The first-order valence-corrected chi connectivity index (χ1v) is 11.6. The second kappa shape index (κ2) is 8.24. The smallest absolute Gasteiger partial charge is 0.410 e. The minimum absolute atomic E-state index is 0.146. The molecule has 1 saturated heterocycles. The molecule has 3 N–H and O–H groups in total. The molecule has 0 bridgehead atoms. The van der Waals surface area contributed by atoms with Crippen molar-refractivity contribution in [3.8, 4) is 0 Å². The number of carboxylic acid groups (broad SMARTS) is 1. The number of aliphatic carboxylic acids is 1. The zero-order valence-corrected chi connectivity index (χ0v) is 19.4. The number of ether oxygens (including phenoxy) is 1. The number of carbonyl (C=O) groups is 2. The maximum absolute atomic E-state index is 12.8. The molecule has 1 aliphatic carbocycles. The summed E-state index contributed by atoms with van der Waals surface area (Å²) < 4.78 is 6.03. The van der Waals surface area contributed by atoms with E-state index in [1.807, 2.05) is 30.4 Å². The Morgan fingerprint density at radius 1 is 1.34 bits per heavy atom. The third kappa shape index (κ3) is 4.37. The van der Waals surface area contributed by atoms with E-state index in [-0.39, 0.29) is 23.5 Å². The van der Waals surface area contributed by atoms with Crippen LogP contribution in [0.2, 0.25) is 0 Å². The molecule has 3 heterocycles. The van der Waals surface area contributed by atoms with Crippen molar-refractivity contribution in [3.63, 3.8) is 0 Å². The first-order valence-electron chi connectivity index (χ1n) is 10.8. The molecule has 0 aromatic carbocycles. The number of carbonyl (C=O) groups excluding carboxylic acids is 1. The van der Waals surface area contributed by atoms with E-state index < -0.39 is 11.6 Å². The SMILES string of the molecule is CC(C)(C)C1(OC(=O)N2CC(Cc3cc4c(s3)C=C(C(=O)O)CC(N)=N4)C2)C=CC=CC1. The fourth-order valence-electron chi connectivity index (χ4n) is 4.21. The van der Waals surface area contributed by atoms with Gasteiger partial charge in [0.15, 0.2) is 0 Å². The van der Waals surface area contributed by atoms with Crippen LogP contribution in [0.25, 0.3) is 6.08 Å². The molecule has 8 heteroatoms. The first kappa shape index (κ1) is 22.3. The van der Waals surface area contributed by atoms with E-state index >= 15 is 0 Å². The molecule has 170 valence electrons. The van der Waals surface area contributed by atoms with Crippen LogP contribution in [-0.4, -0.2) is 46.6 Å². The Bertz CT molecular complexity index is 1050. The van der Waals surface area contributed by atoms with Crippen LogP contribution in [0, 0.1) is 11.3 Å². The highest BCUT2D eigenvalue weighted by molar-refractivity contribution is 7.13. The van der Waals surface area contributed by atoms with Gasteiger partial charge in [0.1, 0.15) is 11.4 Å². The molecular formula is C24H29N3O4S. The minimum atomic E-state index is -0.976. The van der Waals surface area contributed by atoms with E-state index in [0.717, 1.165) is 21.9 Å². The van der Waals surface area contributed by atoms with Crippen molar-refractivity contribution < 1.29 is 19.4 Å². The predicted molar refractivity (Wildman–Crippen MR) is 126 cm³/mol. The largest absolute Gasteiger partial charge is 0.478 e. The summed E-state index contributed by atoms with van der Waals surface area (Å²) in [5.41, 5.74) is 5.99. The van der Waals surface area contributed by atoms with Crippen molar-refractivity contribution in [1.29, 1.82) is 0 Å². The number of carboxylic acids is 1. The second-order valence-corrected chi connectivity index (χ2v) is 10.9. The number of hydrogen-bond acceptors (Lipinski definition) is 6. The summed E-state index contributed by atoms with van der Waals surface area (Å²) in [6.07, 6.45) is 11.0. The van der Waals surface area contributed by atoms with Crippen molar-refractivity contribution in [2.24, 2.45) is 22.1 Å². The summed E-state index contributed by atoms with van der Waals surface area (Å²) in [5.74, 6) is -0.337. The highest BCUT2D eigenvalue weighted by atomic mass is 32.1. The number of fused-ring (bicyclic) bond motifs is 1. The molecule has 7 nitrogen and oxygen atoms in total. The van der Waals surface area contributed by atoms with Crippen molar-refractivity contribution >= 4 is 41.0 Å². The number of nitrogens with two attached hydrogens (primary N) is 1. The lowest BCUT2D eigenvalue weighted by molar-refractivity contribution is -0.132. The maximum atomic E-state index is 12.8. The fourth-order valence-corrected chi connectivity index (χ4v) is 5.39. The van der Waals surface area contributed by atoms with E-state index in [1.165, 1.54) is 11.3 Å². The topological polar surface area (TPSA) is 105 Å². The molecular weight excluding hydrogens is 426 g/mol. The Kier molecular flexibility index (Phi) is 5.75. The number of hydrogen-bond donors (Lipinski definition) is 2. The van der Waals surface area contributed by atoms with Gasteiger partial charge >= 0.3 is 12.1 Å².